The van der Waals surface area contributed by atoms with Gasteiger partial charge in [-0.1, -0.05) is 5.16 Å². The Labute approximate surface area is 120 Å². The molecule has 0 atom stereocenters. The first-order chi connectivity index (χ1) is 8.57. The molecule has 1 aromatic heterocycles. The van der Waals surface area contributed by atoms with Crippen molar-refractivity contribution >= 4 is 17.4 Å². The topological polar surface area (TPSA) is 43.7 Å². The molecule has 0 N–H and O–H groups in total. The first-order valence-electron chi connectivity index (χ1n) is 6.38. The van der Waals surface area contributed by atoms with E-state index < -0.39 is 0 Å². The van der Waals surface area contributed by atoms with Crippen molar-refractivity contribution in [3.63, 3.8) is 0 Å². The number of aromatic nitrogens is 1. The highest BCUT2D eigenvalue weighted by molar-refractivity contribution is 7.05. The van der Waals surface area contributed by atoms with Gasteiger partial charge in [0.1, 0.15) is 5.60 Å². The highest BCUT2D eigenvalue weighted by atomic mass is 32.1. The van der Waals surface area contributed by atoms with E-state index in [1.165, 1.54) is 16.1 Å². The van der Waals surface area contributed by atoms with E-state index in [0.29, 0.717) is 5.90 Å². The van der Waals surface area contributed by atoms with E-state index in [9.17, 15) is 0 Å². The third-order valence-corrected chi connectivity index (χ3v) is 4.59. The number of nitrogens with zero attached hydrogens (tertiary/aromatic N) is 2. The van der Waals surface area contributed by atoms with Crippen LogP contribution in [0.5, 0.6) is 0 Å². The lowest BCUT2D eigenvalue weighted by Crippen LogP contribution is -2.52. The Balaban J connectivity index is 0.000000200. The van der Waals surface area contributed by atoms with Gasteiger partial charge in [-0.25, -0.2) is 0 Å². The van der Waals surface area contributed by atoms with Crippen molar-refractivity contribution in [2.45, 2.75) is 66.6 Å². The molecule has 0 spiro atoms. The van der Waals surface area contributed by atoms with Crippen molar-refractivity contribution in [1.82, 2.24) is 4.37 Å². The maximum Gasteiger partial charge on any atom is 0.223 e. The lowest BCUT2D eigenvalue weighted by Gasteiger charge is -2.41. The van der Waals surface area contributed by atoms with Gasteiger partial charge in [-0.3, -0.25) is 0 Å². The van der Waals surface area contributed by atoms with Crippen molar-refractivity contribution in [1.29, 1.82) is 0 Å². The first kappa shape index (κ1) is 16.0. The molecule has 2 rings (SSSR count). The van der Waals surface area contributed by atoms with Crippen LogP contribution >= 0.6 is 11.5 Å². The predicted molar refractivity (Wildman–Crippen MR) is 79.8 cm³/mol. The van der Waals surface area contributed by atoms with E-state index in [1.54, 1.807) is 18.5 Å². The molecule has 0 saturated heterocycles. The summed E-state index contributed by atoms with van der Waals surface area (Å²) in [5, 5.41) is 3.77. The van der Waals surface area contributed by atoms with Gasteiger partial charge in [-0.2, -0.15) is 4.37 Å². The highest BCUT2D eigenvalue weighted by Gasteiger charge is 2.44. The maximum absolute atomic E-state index is 5.51. The number of ether oxygens (including phenoxy) is 1. The molecule has 0 bridgehead atoms. The zero-order valence-electron chi connectivity index (χ0n) is 13.1. The van der Waals surface area contributed by atoms with Gasteiger partial charge in [0.2, 0.25) is 5.90 Å². The summed E-state index contributed by atoms with van der Waals surface area (Å²) in [6, 6.07) is 0. The molecule has 0 saturated carbocycles. The molecule has 0 aliphatic carbocycles. The molecule has 19 heavy (non-hydrogen) atoms. The molecule has 1 aliphatic heterocycles. The summed E-state index contributed by atoms with van der Waals surface area (Å²) in [4.78, 5) is 6.59. The number of hydrogen-bond acceptors (Lipinski definition) is 5. The van der Waals surface area contributed by atoms with E-state index in [4.69, 9.17) is 9.57 Å². The third kappa shape index (κ3) is 3.69. The van der Waals surface area contributed by atoms with E-state index in [2.05, 4.69) is 23.4 Å². The number of oxime groups is 1. The zero-order valence-corrected chi connectivity index (χ0v) is 13.9. The number of hydrogen-bond donors (Lipinski definition) is 0. The van der Waals surface area contributed by atoms with Crippen LogP contribution in [0, 0.1) is 20.8 Å². The van der Waals surface area contributed by atoms with Crippen molar-refractivity contribution in [2.75, 3.05) is 0 Å². The lowest BCUT2D eigenvalue weighted by molar-refractivity contribution is -0.166. The molecule has 1 aromatic rings. The molecule has 4 nitrogen and oxygen atoms in total. The van der Waals surface area contributed by atoms with Crippen molar-refractivity contribution in [3.8, 4) is 0 Å². The van der Waals surface area contributed by atoms with Crippen molar-refractivity contribution in [3.05, 3.63) is 16.1 Å². The Morgan fingerprint density at radius 2 is 1.53 bits per heavy atom. The molecule has 0 amide bonds. The molecule has 0 aromatic carbocycles. The van der Waals surface area contributed by atoms with Crippen LogP contribution in [-0.4, -0.2) is 21.5 Å². The quantitative estimate of drug-likeness (QED) is 0.723. The predicted octanol–water partition coefficient (Wildman–Crippen LogP) is 3.99. The summed E-state index contributed by atoms with van der Waals surface area (Å²) in [7, 11) is 0. The van der Waals surface area contributed by atoms with E-state index in [0.717, 1.165) is 0 Å². The Kier molecular flexibility index (Phi) is 4.61. The second-order valence-electron chi connectivity index (χ2n) is 5.77. The summed E-state index contributed by atoms with van der Waals surface area (Å²) in [6.45, 7) is 15.9. The second kappa shape index (κ2) is 5.49. The number of rotatable bonds is 0. The van der Waals surface area contributed by atoms with Crippen LogP contribution in [0.4, 0.5) is 0 Å². The van der Waals surface area contributed by atoms with Gasteiger partial charge in [0.05, 0.1) is 5.69 Å². The van der Waals surface area contributed by atoms with Crippen LogP contribution in [0.1, 0.15) is 50.8 Å². The third-order valence-electron chi connectivity index (χ3n) is 3.65. The van der Waals surface area contributed by atoms with E-state index in [-0.39, 0.29) is 11.2 Å². The zero-order chi connectivity index (χ0) is 14.8. The molecule has 108 valence electrons. The molecule has 0 fully saturated rings. The van der Waals surface area contributed by atoms with E-state index >= 15 is 0 Å². The molecular weight excluding hydrogens is 260 g/mol. The molecular formula is C14H24N2O2S. The van der Waals surface area contributed by atoms with Gasteiger partial charge in [0.25, 0.3) is 0 Å². The average Bonchev–Trinajstić information content (AvgIpc) is 2.57. The minimum atomic E-state index is -0.355. The van der Waals surface area contributed by atoms with E-state index in [1.807, 2.05) is 34.6 Å². The van der Waals surface area contributed by atoms with Crippen LogP contribution in [0.25, 0.3) is 0 Å². The summed E-state index contributed by atoms with van der Waals surface area (Å²) in [5.74, 6) is 0.592. The Morgan fingerprint density at radius 3 is 1.79 bits per heavy atom. The average molecular weight is 284 g/mol. The molecule has 1 aliphatic rings. The lowest BCUT2D eigenvalue weighted by atomic mass is 9.89. The minimum Gasteiger partial charge on any atom is -0.468 e. The summed E-state index contributed by atoms with van der Waals surface area (Å²) < 4.78 is 9.67. The molecule has 2 heterocycles. The SMILES string of the molecule is CC1=NOC(C)(C)C(C)(C)O1.Cc1nsc(C)c1C. The Morgan fingerprint density at radius 1 is 0.947 bits per heavy atom. The van der Waals surface area contributed by atoms with Gasteiger partial charge < -0.3 is 9.57 Å². The van der Waals surface area contributed by atoms with Gasteiger partial charge >= 0.3 is 0 Å². The second-order valence-corrected chi connectivity index (χ2v) is 6.75. The van der Waals surface area contributed by atoms with Gasteiger partial charge in [0.15, 0.2) is 5.60 Å². The summed E-state index contributed by atoms with van der Waals surface area (Å²) >= 11 is 1.58. The molecule has 0 unspecified atom stereocenters. The van der Waals surface area contributed by atoms with Gasteiger partial charge in [0, 0.05) is 11.8 Å². The minimum absolute atomic E-state index is 0.307. The van der Waals surface area contributed by atoms with Crippen LogP contribution in [-0.2, 0) is 9.57 Å². The smallest absolute Gasteiger partial charge is 0.223 e. The standard InChI is InChI=1S/C8H15NO2.C6H9NS/c1-6-9-11-8(4,5)7(2,3)10-6;1-4-5(2)7-8-6(4)3/h1-5H3;1-3H3. The van der Waals surface area contributed by atoms with Crippen LogP contribution in [0.15, 0.2) is 5.16 Å². The fourth-order valence-electron chi connectivity index (χ4n) is 1.33. The normalized spacial score (nSPS) is 19.5. The van der Waals surface area contributed by atoms with Gasteiger partial charge in [-0.15, -0.1) is 0 Å². The highest BCUT2D eigenvalue weighted by Crippen LogP contribution is 2.32. The fourth-order valence-corrected chi connectivity index (χ4v) is 2.02. The number of aryl methyl sites for hydroxylation is 2. The Bertz CT molecular complexity index is 456. The summed E-state index contributed by atoms with van der Waals surface area (Å²) in [6.07, 6.45) is 0. The van der Waals surface area contributed by atoms with Crippen molar-refractivity contribution < 1.29 is 9.57 Å². The van der Waals surface area contributed by atoms with Crippen molar-refractivity contribution in [2.24, 2.45) is 5.16 Å². The fraction of sp³-hybridized carbons (Fsp3) is 0.714. The maximum atomic E-state index is 5.51. The summed E-state index contributed by atoms with van der Waals surface area (Å²) in [5.41, 5.74) is 1.85. The largest absolute Gasteiger partial charge is 0.468 e. The van der Waals surface area contributed by atoms with Crippen LogP contribution in [0.2, 0.25) is 0 Å². The molecule has 0 radical (unpaired) electrons. The Hall–Kier alpha value is -1.10. The van der Waals surface area contributed by atoms with Crippen LogP contribution < -0.4 is 0 Å². The van der Waals surface area contributed by atoms with Gasteiger partial charge in [-0.05, 0) is 65.6 Å². The van der Waals surface area contributed by atoms with Crippen LogP contribution in [0.3, 0.4) is 0 Å². The monoisotopic (exact) mass is 284 g/mol. The molecule has 5 heteroatoms. The first-order valence-corrected chi connectivity index (χ1v) is 7.15.